The fraction of sp³-hybridized carbons (Fsp3) is 0.500. The van der Waals surface area contributed by atoms with Gasteiger partial charge in [-0.2, -0.15) is 0 Å². The van der Waals surface area contributed by atoms with Gasteiger partial charge in [0.1, 0.15) is 0 Å². The first-order valence-corrected chi connectivity index (χ1v) is 5.03. The van der Waals surface area contributed by atoms with E-state index in [-0.39, 0.29) is 0 Å². The third kappa shape index (κ3) is 4.22. The van der Waals surface area contributed by atoms with Crippen LogP contribution in [0.15, 0.2) is 12.2 Å². The van der Waals surface area contributed by atoms with Crippen molar-refractivity contribution in [3.05, 3.63) is 12.2 Å². The third-order valence-electron chi connectivity index (χ3n) is 1.92. The van der Waals surface area contributed by atoms with Gasteiger partial charge in [-0.05, 0) is 12.8 Å². The lowest BCUT2D eigenvalue weighted by atomic mass is 10.3. The molecule has 0 aromatic rings. The van der Waals surface area contributed by atoms with E-state index in [1.54, 1.807) is 0 Å². The van der Waals surface area contributed by atoms with E-state index < -0.39 is 17.7 Å². The number of hydrogen-bond acceptors (Lipinski definition) is 4. The number of hydrogen-bond donors (Lipinski definition) is 1. The standard InChI is InChI=1S/C10H14N2O4/c1-8(13)11-9(14)4-5-10(15)12-6-2-3-7-16-12/h4-5H,2-3,6-7H2,1H3,(H,11,13,14)/b5-4+. The second kappa shape index (κ2) is 6.02. The highest BCUT2D eigenvalue weighted by atomic mass is 16.7. The molecule has 0 bridgehead atoms. The Hall–Kier alpha value is -1.69. The van der Waals surface area contributed by atoms with Gasteiger partial charge in [0.25, 0.3) is 11.8 Å². The van der Waals surface area contributed by atoms with Gasteiger partial charge in [0.2, 0.25) is 5.91 Å². The molecule has 1 heterocycles. The fourth-order valence-corrected chi connectivity index (χ4v) is 1.22. The first-order valence-electron chi connectivity index (χ1n) is 5.03. The topological polar surface area (TPSA) is 75.7 Å². The second-order valence-corrected chi connectivity index (χ2v) is 3.36. The van der Waals surface area contributed by atoms with Crippen LogP contribution in [-0.4, -0.2) is 35.9 Å². The molecule has 0 unspecified atom stereocenters. The molecule has 0 saturated carbocycles. The lowest BCUT2D eigenvalue weighted by Gasteiger charge is -2.24. The van der Waals surface area contributed by atoms with Crippen molar-refractivity contribution >= 4 is 17.7 Å². The number of carbonyl (C=O) groups is 3. The predicted molar refractivity (Wildman–Crippen MR) is 54.9 cm³/mol. The van der Waals surface area contributed by atoms with Crippen molar-refractivity contribution in [1.82, 2.24) is 10.4 Å². The molecule has 0 spiro atoms. The van der Waals surface area contributed by atoms with Crippen molar-refractivity contribution in [1.29, 1.82) is 0 Å². The van der Waals surface area contributed by atoms with Crippen LogP contribution in [0.3, 0.4) is 0 Å². The summed E-state index contributed by atoms with van der Waals surface area (Å²) in [5.74, 6) is -1.47. The minimum Gasteiger partial charge on any atom is -0.293 e. The predicted octanol–water partition coefficient (Wildman–Crippen LogP) is -0.241. The summed E-state index contributed by atoms with van der Waals surface area (Å²) in [6.45, 7) is 2.26. The molecule has 88 valence electrons. The van der Waals surface area contributed by atoms with Crippen LogP contribution in [0.4, 0.5) is 0 Å². The van der Waals surface area contributed by atoms with E-state index in [9.17, 15) is 14.4 Å². The minimum absolute atomic E-state index is 0.390. The molecule has 1 rings (SSSR count). The molecule has 1 fully saturated rings. The second-order valence-electron chi connectivity index (χ2n) is 3.36. The monoisotopic (exact) mass is 226 g/mol. The smallest absolute Gasteiger partial charge is 0.270 e. The molecule has 6 heteroatoms. The summed E-state index contributed by atoms with van der Waals surface area (Å²) < 4.78 is 0. The van der Waals surface area contributed by atoms with Crippen LogP contribution >= 0.6 is 0 Å². The van der Waals surface area contributed by atoms with Gasteiger partial charge in [-0.25, -0.2) is 5.06 Å². The third-order valence-corrected chi connectivity index (χ3v) is 1.92. The van der Waals surface area contributed by atoms with Crippen molar-refractivity contribution in [2.24, 2.45) is 0 Å². The molecule has 0 atom stereocenters. The van der Waals surface area contributed by atoms with Gasteiger partial charge in [-0.1, -0.05) is 0 Å². The van der Waals surface area contributed by atoms with E-state index in [0.29, 0.717) is 13.2 Å². The summed E-state index contributed by atoms with van der Waals surface area (Å²) in [5, 5.41) is 3.23. The summed E-state index contributed by atoms with van der Waals surface area (Å²) in [5.41, 5.74) is 0. The average molecular weight is 226 g/mol. The SMILES string of the molecule is CC(=O)NC(=O)/C=C/C(=O)N1CCCCO1. The van der Waals surface area contributed by atoms with Gasteiger partial charge in [0, 0.05) is 25.6 Å². The fourth-order valence-electron chi connectivity index (χ4n) is 1.22. The van der Waals surface area contributed by atoms with E-state index in [0.717, 1.165) is 25.0 Å². The zero-order valence-electron chi connectivity index (χ0n) is 9.06. The maximum Gasteiger partial charge on any atom is 0.270 e. The van der Waals surface area contributed by atoms with Crippen LogP contribution in [-0.2, 0) is 19.2 Å². The number of amides is 3. The van der Waals surface area contributed by atoms with Crippen LogP contribution < -0.4 is 5.32 Å². The van der Waals surface area contributed by atoms with Gasteiger partial charge < -0.3 is 0 Å². The largest absolute Gasteiger partial charge is 0.293 e. The lowest BCUT2D eigenvalue weighted by Crippen LogP contribution is -2.35. The van der Waals surface area contributed by atoms with Gasteiger partial charge in [-0.3, -0.25) is 24.5 Å². The quantitative estimate of drug-likeness (QED) is 0.659. The van der Waals surface area contributed by atoms with E-state index >= 15 is 0 Å². The van der Waals surface area contributed by atoms with Crippen molar-refractivity contribution in [3.8, 4) is 0 Å². The highest BCUT2D eigenvalue weighted by Gasteiger charge is 2.15. The molecule has 1 aliphatic rings. The highest BCUT2D eigenvalue weighted by molar-refractivity contribution is 6.03. The maximum absolute atomic E-state index is 11.4. The van der Waals surface area contributed by atoms with Crippen molar-refractivity contribution in [2.75, 3.05) is 13.2 Å². The Balaban J connectivity index is 2.40. The van der Waals surface area contributed by atoms with Crippen LogP contribution in [0.25, 0.3) is 0 Å². The van der Waals surface area contributed by atoms with E-state index in [4.69, 9.17) is 4.84 Å². The molecule has 16 heavy (non-hydrogen) atoms. The maximum atomic E-state index is 11.4. The molecule has 1 N–H and O–H groups in total. The zero-order chi connectivity index (χ0) is 12.0. The minimum atomic E-state index is -0.613. The van der Waals surface area contributed by atoms with Crippen LogP contribution in [0.5, 0.6) is 0 Å². The molecule has 1 saturated heterocycles. The zero-order valence-corrected chi connectivity index (χ0v) is 9.06. The van der Waals surface area contributed by atoms with Crippen LogP contribution in [0.1, 0.15) is 19.8 Å². The molecular weight excluding hydrogens is 212 g/mol. The highest BCUT2D eigenvalue weighted by Crippen LogP contribution is 2.06. The van der Waals surface area contributed by atoms with Gasteiger partial charge in [0.15, 0.2) is 0 Å². The Kier molecular flexibility index (Phi) is 4.65. The normalized spacial score (nSPS) is 16.2. The van der Waals surface area contributed by atoms with Gasteiger partial charge >= 0.3 is 0 Å². The van der Waals surface area contributed by atoms with Crippen LogP contribution in [0, 0.1) is 0 Å². The summed E-state index contributed by atoms with van der Waals surface area (Å²) in [4.78, 5) is 38.0. The molecular formula is C10H14N2O4. The molecule has 1 aliphatic heterocycles. The first kappa shape index (κ1) is 12.4. The summed E-state index contributed by atoms with van der Waals surface area (Å²) in [6.07, 6.45) is 3.92. The number of rotatable bonds is 2. The van der Waals surface area contributed by atoms with Crippen LogP contribution in [0.2, 0.25) is 0 Å². The molecule has 3 amide bonds. The Morgan fingerprint density at radius 2 is 2.00 bits per heavy atom. The van der Waals surface area contributed by atoms with E-state index in [2.05, 4.69) is 0 Å². The molecule has 6 nitrogen and oxygen atoms in total. The molecule has 0 aliphatic carbocycles. The first-order chi connectivity index (χ1) is 7.59. The Morgan fingerprint density at radius 3 is 2.56 bits per heavy atom. The number of nitrogens with zero attached hydrogens (tertiary/aromatic N) is 1. The van der Waals surface area contributed by atoms with Crippen molar-refractivity contribution in [2.45, 2.75) is 19.8 Å². The van der Waals surface area contributed by atoms with Gasteiger partial charge in [-0.15, -0.1) is 0 Å². The number of nitrogens with one attached hydrogen (secondary N) is 1. The van der Waals surface area contributed by atoms with Gasteiger partial charge in [0.05, 0.1) is 6.61 Å². The van der Waals surface area contributed by atoms with Crippen molar-refractivity contribution < 1.29 is 19.2 Å². The molecule has 0 radical (unpaired) electrons. The molecule has 0 aromatic heterocycles. The number of hydroxylamine groups is 2. The number of imide groups is 1. The number of carbonyl (C=O) groups excluding carboxylic acids is 3. The Morgan fingerprint density at radius 1 is 1.25 bits per heavy atom. The summed E-state index contributed by atoms with van der Waals surface area (Å²) in [6, 6.07) is 0. The molecule has 0 aromatic carbocycles. The van der Waals surface area contributed by atoms with E-state index in [1.807, 2.05) is 5.32 Å². The Labute approximate surface area is 93.2 Å². The average Bonchev–Trinajstić information content (AvgIpc) is 2.26. The summed E-state index contributed by atoms with van der Waals surface area (Å²) in [7, 11) is 0. The summed E-state index contributed by atoms with van der Waals surface area (Å²) >= 11 is 0. The lowest BCUT2D eigenvalue weighted by molar-refractivity contribution is -0.191. The Bertz CT molecular complexity index is 319. The van der Waals surface area contributed by atoms with Crippen molar-refractivity contribution in [3.63, 3.8) is 0 Å². The van der Waals surface area contributed by atoms with E-state index in [1.165, 1.54) is 12.0 Å².